The Hall–Kier alpha value is -3.07. The van der Waals surface area contributed by atoms with Gasteiger partial charge in [-0.05, 0) is 75.7 Å². The number of aryl methyl sites for hydroxylation is 1. The molecule has 0 fully saturated rings. The molecule has 7 nitrogen and oxygen atoms in total. The summed E-state index contributed by atoms with van der Waals surface area (Å²) in [5, 5.41) is 3.62. The lowest BCUT2D eigenvalue weighted by atomic mass is 10.1. The number of amides is 2. The minimum absolute atomic E-state index is 0.0304. The van der Waals surface area contributed by atoms with Gasteiger partial charge < -0.3 is 10.2 Å². The van der Waals surface area contributed by atoms with E-state index in [0.29, 0.717) is 15.6 Å². The second kappa shape index (κ2) is 12.7. The van der Waals surface area contributed by atoms with E-state index in [4.69, 9.17) is 23.2 Å². The molecule has 3 aromatic rings. The number of carbonyl (C=O) groups excluding carboxylic acids is 2. The lowest BCUT2D eigenvalue weighted by molar-refractivity contribution is -0.139. The topological polar surface area (TPSA) is 86.8 Å². The predicted octanol–water partition coefficient (Wildman–Crippen LogP) is 5.44. The zero-order valence-electron chi connectivity index (χ0n) is 21.7. The van der Waals surface area contributed by atoms with E-state index < -0.39 is 28.5 Å². The molecule has 3 rings (SSSR count). The highest BCUT2D eigenvalue weighted by Crippen LogP contribution is 2.27. The van der Waals surface area contributed by atoms with Gasteiger partial charge in [-0.2, -0.15) is 0 Å². The van der Waals surface area contributed by atoms with Gasteiger partial charge in [-0.1, -0.05) is 59.1 Å². The third kappa shape index (κ3) is 7.49. The number of benzene rings is 3. The van der Waals surface area contributed by atoms with Crippen molar-refractivity contribution >= 4 is 50.7 Å². The Morgan fingerprint density at radius 3 is 2.08 bits per heavy atom. The summed E-state index contributed by atoms with van der Waals surface area (Å²) in [6.07, 6.45) is 0. The molecule has 202 valence electrons. The van der Waals surface area contributed by atoms with Gasteiger partial charge in [0.05, 0.1) is 10.6 Å². The van der Waals surface area contributed by atoms with Crippen LogP contribution >= 0.6 is 23.2 Å². The largest absolute Gasteiger partial charge is 0.352 e. The van der Waals surface area contributed by atoms with Crippen molar-refractivity contribution in [2.24, 2.45) is 0 Å². The van der Waals surface area contributed by atoms with Crippen LogP contribution in [-0.4, -0.2) is 43.8 Å². The first-order valence-electron chi connectivity index (χ1n) is 12.1. The molecule has 38 heavy (non-hydrogen) atoms. The van der Waals surface area contributed by atoms with Crippen molar-refractivity contribution in [3.05, 3.63) is 94.0 Å². The molecule has 1 unspecified atom stereocenters. The monoisotopic (exact) mass is 575 g/mol. The highest BCUT2D eigenvalue weighted by atomic mass is 35.5. The van der Waals surface area contributed by atoms with Crippen LogP contribution < -0.4 is 9.62 Å². The van der Waals surface area contributed by atoms with E-state index in [9.17, 15) is 18.0 Å². The first-order valence-corrected chi connectivity index (χ1v) is 14.3. The van der Waals surface area contributed by atoms with E-state index >= 15 is 0 Å². The summed E-state index contributed by atoms with van der Waals surface area (Å²) in [7, 11) is -4.16. The van der Waals surface area contributed by atoms with Crippen LogP contribution in [0.1, 0.15) is 31.9 Å². The Kier molecular flexibility index (Phi) is 9.82. The summed E-state index contributed by atoms with van der Waals surface area (Å²) < 4.78 is 28.6. The van der Waals surface area contributed by atoms with Crippen LogP contribution in [0, 0.1) is 6.92 Å². The molecular weight excluding hydrogens is 545 g/mol. The van der Waals surface area contributed by atoms with Crippen LogP contribution in [0.3, 0.4) is 0 Å². The number of anilines is 1. The fourth-order valence-electron chi connectivity index (χ4n) is 3.82. The number of hydrogen-bond acceptors (Lipinski definition) is 4. The molecule has 0 aliphatic rings. The molecular formula is C28H31Cl2N3O4S. The van der Waals surface area contributed by atoms with Crippen molar-refractivity contribution in [2.45, 2.75) is 51.2 Å². The molecule has 0 aliphatic carbocycles. The molecule has 0 bridgehead atoms. The maximum atomic E-state index is 13.8. The number of nitrogens with one attached hydrogen (secondary N) is 1. The first kappa shape index (κ1) is 29.5. The highest BCUT2D eigenvalue weighted by Gasteiger charge is 2.32. The van der Waals surface area contributed by atoms with E-state index in [1.165, 1.54) is 23.1 Å². The van der Waals surface area contributed by atoms with Gasteiger partial charge in [-0.3, -0.25) is 13.9 Å². The Morgan fingerprint density at radius 2 is 1.50 bits per heavy atom. The molecule has 0 spiro atoms. The van der Waals surface area contributed by atoms with Gasteiger partial charge >= 0.3 is 0 Å². The number of carbonyl (C=O) groups is 2. The number of hydrogen-bond donors (Lipinski definition) is 1. The standard InChI is InChI=1S/C28H31Cl2N3O4S/c1-19(2)31-28(35)21(4)32(17-22-7-5-8-23(29)15-22)27(34)18-33(25-10-6-9-24(30)16-25)38(36,37)26-13-11-20(3)12-14-26/h5-16,19,21H,17-18H2,1-4H3,(H,31,35). The zero-order valence-corrected chi connectivity index (χ0v) is 24.0. The zero-order chi connectivity index (χ0) is 28.0. The summed E-state index contributed by atoms with van der Waals surface area (Å²) in [6.45, 7) is 6.62. The molecule has 0 aliphatic heterocycles. The van der Waals surface area contributed by atoms with Crippen LogP contribution in [-0.2, 0) is 26.2 Å². The van der Waals surface area contributed by atoms with Gasteiger partial charge in [0, 0.05) is 22.6 Å². The molecule has 10 heteroatoms. The van der Waals surface area contributed by atoms with E-state index in [2.05, 4.69) is 5.32 Å². The molecule has 1 N–H and O–H groups in total. The lowest BCUT2D eigenvalue weighted by Gasteiger charge is -2.32. The van der Waals surface area contributed by atoms with Crippen LogP contribution in [0.2, 0.25) is 10.0 Å². The van der Waals surface area contributed by atoms with Gasteiger partial charge in [-0.25, -0.2) is 8.42 Å². The second-order valence-corrected chi connectivity index (χ2v) is 12.0. The third-order valence-corrected chi connectivity index (χ3v) is 8.08. The number of sulfonamides is 1. The van der Waals surface area contributed by atoms with E-state index in [-0.39, 0.29) is 29.1 Å². The Labute approximate surface area is 234 Å². The quantitative estimate of drug-likeness (QED) is 0.348. The first-order chi connectivity index (χ1) is 17.9. The average Bonchev–Trinajstić information content (AvgIpc) is 2.85. The lowest BCUT2D eigenvalue weighted by Crippen LogP contribution is -2.52. The predicted molar refractivity (Wildman–Crippen MR) is 152 cm³/mol. The maximum Gasteiger partial charge on any atom is 0.264 e. The van der Waals surface area contributed by atoms with Crippen molar-refractivity contribution in [3.63, 3.8) is 0 Å². The van der Waals surface area contributed by atoms with Gasteiger partial charge in [0.15, 0.2) is 0 Å². The Balaban J connectivity index is 2.03. The third-order valence-electron chi connectivity index (χ3n) is 5.82. The second-order valence-electron chi connectivity index (χ2n) is 9.30. The van der Waals surface area contributed by atoms with E-state index in [0.717, 1.165) is 9.87 Å². The molecule has 3 aromatic carbocycles. The van der Waals surface area contributed by atoms with Crippen LogP contribution in [0.15, 0.2) is 77.7 Å². The smallest absolute Gasteiger partial charge is 0.264 e. The van der Waals surface area contributed by atoms with Crippen LogP contribution in [0.5, 0.6) is 0 Å². The van der Waals surface area contributed by atoms with Crippen molar-refractivity contribution in [1.29, 1.82) is 0 Å². The van der Waals surface area contributed by atoms with E-state index in [1.54, 1.807) is 61.5 Å². The van der Waals surface area contributed by atoms with Crippen LogP contribution in [0.25, 0.3) is 0 Å². The molecule has 0 saturated heterocycles. The van der Waals surface area contributed by atoms with Gasteiger partial charge in [0.2, 0.25) is 11.8 Å². The summed E-state index contributed by atoms with van der Waals surface area (Å²) in [5.74, 6) is -0.918. The molecule has 0 aromatic heterocycles. The van der Waals surface area contributed by atoms with E-state index in [1.807, 2.05) is 20.8 Å². The minimum atomic E-state index is -4.16. The van der Waals surface area contributed by atoms with Gasteiger partial charge in [-0.15, -0.1) is 0 Å². The van der Waals surface area contributed by atoms with Crippen molar-refractivity contribution < 1.29 is 18.0 Å². The fraction of sp³-hybridized carbons (Fsp3) is 0.286. The summed E-state index contributed by atoms with van der Waals surface area (Å²) in [6, 6.07) is 18.6. The SMILES string of the molecule is Cc1ccc(S(=O)(=O)N(CC(=O)N(Cc2cccc(Cl)c2)C(C)C(=O)NC(C)C)c2cccc(Cl)c2)cc1. The average molecular weight is 577 g/mol. The fourth-order valence-corrected chi connectivity index (χ4v) is 5.62. The molecule has 1 atom stereocenters. The Morgan fingerprint density at radius 1 is 0.895 bits per heavy atom. The number of rotatable bonds is 10. The molecule has 0 saturated carbocycles. The minimum Gasteiger partial charge on any atom is -0.352 e. The number of halogens is 2. The molecule has 0 radical (unpaired) electrons. The van der Waals surface area contributed by atoms with Crippen molar-refractivity contribution in [3.8, 4) is 0 Å². The summed E-state index contributed by atoms with van der Waals surface area (Å²) >= 11 is 12.3. The number of nitrogens with zero attached hydrogens (tertiary/aromatic N) is 2. The molecule has 2 amide bonds. The summed E-state index contributed by atoms with van der Waals surface area (Å²) in [4.78, 5) is 28.1. The van der Waals surface area contributed by atoms with Crippen LogP contribution in [0.4, 0.5) is 5.69 Å². The van der Waals surface area contributed by atoms with Gasteiger partial charge in [0.1, 0.15) is 12.6 Å². The van der Waals surface area contributed by atoms with Gasteiger partial charge in [0.25, 0.3) is 10.0 Å². The van der Waals surface area contributed by atoms with Crippen molar-refractivity contribution in [2.75, 3.05) is 10.8 Å². The van der Waals surface area contributed by atoms with Crippen molar-refractivity contribution in [1.82, 2.24) is 10.2 Å². The normalized spacial score (nSPS) is 12.2. The Bertz CT molecular complexity index is 1400. The highest BCUT2D eigenvalue weighted by molar-refractivity contribution is 7.92. The maximum absolute atomic E-state index is 13.8. The molecule has 0 heterocycles. The summed E-state index contributed by atoms with van der Waals surface area (Å²) in [5.41, 5.74) is 1.83.